The highest BCUT2D eigenvalue weighted by molar-refractivity contribution is 5.95. The van der Waals surface area contributed by atoms with E-state index < -0.39 is 0 Å². The van der Waals surface area contributed by atoms with Gasteiger partial charge in [-0.2, -0.15) is 0 Å². The van der Waals surface area contributed by atoms with Gasteiger partial charge in [0.25, 0.3) is 5.91 Å². The number of nitrogens with one attached hydrogen (secondary N) is 1. The number of nitrogens with zero attached hydrogens (tertiary/aromatic N) is 1. The molecule has 1 heterocycles. The molecule has 2 amide bonds. The Labute approximate surface area is 154 Å². The molecule has 1 atom stereocenters. The minimum Gasteiger partial charge on any atom is -0.365 e. The number of anilines is 1. The molecule has 0 radical (unpaired) electrons. The third kappa shape index (κ3) is 4.92. The molecule has 0 saturated carbocycles. The zero-order valence-corrected chi connectivity index (χ0v) is 15.0. The van der Waals surface area contributed by atoms with Crippen molar-refractivity contribution in [3.63, 3.8) is 0 Å². The maximum Gasteiger partial charge on any atom is 0.253 e. The van der Waals surface area contributed by atoms with Crippen LogP contribution in [0.4, 0.5) is 5.69 Å². The van der Waals surface area contributed by atoms with Gasteiger partial charge < -0.3 is 15.0 Å². The van der Waals surface area contributed by atoms with Gasteiger partial charge in [-0.3, -0.25) is 9.59 Å². The fourth-order valence-corrected chi connectivity index (χ4v) is 2.94. The number of benzene rings is 2. The standard InChI is InChI=1S/C21H24N2O3/c1-16-7-10-18(11-8-16)23-14-19(26-15-21(23)25)13-22-20(24)12-9-17-5-3-2-4-6-17/h2-8,10-11,19H,9,12-15H2,1H3,(H,22,24). The Bertz CT molecular complexity index is 744. The van der Waals surface area contributed by atoms with Gasteiger partial charge in [-0.15, -0.1) is 0 Å². The molecule has 2 aromatic rings. The third-order valence-electron chi connectivity index (χ3n) is 4.49. The van der Waals surface area contributed by atoms with Crippen molar-refractivity contribution in [1.29, 1.82) is 0 Å². The zero-order valence-electron chi connectivity index (χ0n) is 15.0. The van der Waals surface area contributed by atoms with E-state index in [0.717, 1.165) is 16.8 Å². The molecule has 1 aliphatic heterocycles. The van der Waals surface area contributed by atoms with E-state index in [1.54, 1.807) is 4.90 Å². The zero-order chi connectivity index (χ0) is 18.4. The van der Waals surface area contributed by atoms with Crippen molar-refractivity contribution < 1.29 is 14.3 Å². The normalized spacial score (nSPS) is 17.2. The molecule has 0 aliphatic carbocycles. The first-order chi connectivity index (χ1) is 12.6. The monoisotopic (exact) mass is 352 g/mol. The van der Waals surface area contributed by atoms with Crippen LogP contribution in [0.2, 0.25) is 0 Å². The summed E-state index contributed by atoms with van der Waals surface area (Å²) in [5, 5.41) is 2.92. The van der Waals surface area contributed by atoms with Crippen molar-refractivity contribution in [2.75, 3.05) is 24.6 Å². The van der Waals surface area contributed by atoms with Gasteiger partial charge in [0, 0.05) is 18.7 Å². The molecule has 3 rings (SSSR count). The summed E-state index contributed by atoms with van der Waals surface area (Å²) in [6.07, 6.45) is 0.957. The molecule has 2 aromatic carbocycles. The van der Waals surface area contributed by atoms with Crippen LogP contribution >= 0.6 is 0 Å². The lowest BCUT2D eigenvalue weighted by atomic mass is 10.1. The highest BCUT2D eigenvalue weighted by atomic mass is 16.5. The predicted molar refractivity (Wildman–Crippen MR) is 101 cm³/mol. The Morgan fingerprint density at radius 1 is 1.15 bits per heavy atom. The number of rotatable bonds is 6. The summed E-state index contributed by atoms with van der Waals surface area (Å²) in [5.74, 6) is -0.0586. The van der Waals surface area contributed by atoms with E-state index in [2.05, 4.69) is 5.32 Å². The van der Waals surface area contributed by atoms with Crippen molar-refractivity contribution in [3.05, 3.63) is 65.7 Å². The van der Waals surface area contributed by atoms with Gasteiger partial charge in [-0.25, -0.2) is 0 Å². The summed E-state index contributed by atoms with van der Waals surface area (Å²) in [6, 6.07) is 17.8. The highest BCUT2D eigenvalue weighted by Gasteiger charge is 2.27. The Balaban J connectivity index is 1.48. The van der Waals surface area contributed by atoms with Crippen LogP contribution in [0.1, 0.15) is 17.5 Å². The number of ether oxygens (including phenoxy) is 1. The quantitative estimate of drug-likeness (QED) is 0.869. The van der Waals surface area contributed by atoms with E-state index in [0.29, 0.717) is 25.9 Å². The van der Waals surface area contributed by atoms with Crippen LogP contribution < -0.4 is 10.2 Å². The van der Waals surface area contributed by atoms with Gasteiger partial charge in [-0.1, -0.05) is 48.0 Å². The van der Waals surface area contributed by atoms with Crippen LogP contribution in [0.5, 0.6) is 0 Å². The highest BCUT2D eigenvalue weighted by Crippen LogP contribution is 2.19. The van der Waals surface area contributed by atoms with E-state index in [-0.39, 0.29) is 24.5 Å². The molecular formula is C21H24N2O3. The summed E-state index contributed by atoms with van der Waals surface area (Å²) in [6.45, 7) is 2.90. The van der Waals surface area contributed by atoms with E-state index in [4.69, 9.17) is 4.74 Å². The van der Waals surface area contributed by atoms with Gasteiger partial charge in [0.15, 0.2) is 0 Å². The molecule has 1 unspecified atom stereocenters. The number of amides is 2. The van der Waals surface area contributed by atoms with Gasteiger partial charge in [0.2, 0.25) is 5.91 Å². The number of hydrogen-bond donors (Lipinski definition) is 1. The average molecular weight is 352 g/mol. The van der Waals surface area contributed by atoms with Gasteiger partial charge >= 0.3 is 0 Å². The fourth-order valence-electron chi connectivity index (χ4n) is 2.94. The SMILES string of the molecule is Cc1ccc(N2CC(CNC(=O)CCc3ccccc3)OCC2=O)cc1. The maximum atomic E-state index is 12.1. The second-order valence-electron chi connectivity index (χ2n) is 6.56. The second kappa shape index (κ2) is 8.63. The van der Waals surface area contributed by atoms with Gasteiger partial charge in [0.1, 0.15) is 6.61 Å². The van der Waals surface area contributed by atoms with E-state index >= 15 is 0 Å². The molecule has 1 saturated heterocycles. The number of carbonyl (C=O) groups is 2. The van der Waals surface area contributed by atoms with Crippen molar-refractivity contribution in [2.45, 2.75) is 25.9 Å². The Hall–Kier alpha value is -2.66. The Kier molecular flexibility index (Phi) is 6.02. The first-order valence-electron chi connectivity index (χ1n) is 8.91. The number of morpholine rings is 1. The summed E-state index contributed by atoms with van der Waals surface area (Å²) >= 11 is 0. The molecule has 1 N–H and O–H groups in total. The van der Waals surface area contributed by atoms with Crippen molar-refractivity contribution in [1.82, 2.24) is 5.32 Å². The van der Waals surface area contributed by atoms with Crippen molar-refractivity contribution in [2.24, 2.45) is 0 Å². The first-order valence-corrected chi connectivity index (χ1v) is 8.91. The fraction of sp³-hybridized carbons (Fsp3) is 0.333. The van der Waals surface area contributed by atoms with E-state index in [1.165, 1.54) is 0 Å². The Morgan fingerprint density at radius 2 is 1.88 bits per heavy atom. The minimum atomic E-state index is -0.199. The van der Waals surface area contributed by atoms with Gasteiger partial charge in [0.05, 0.1) is 12.6 Å². The van der Waals surface area contributed by atoms with Crippen LogP contribution in [0.25, 0.3) is 0 Å². The largest absolute Gasteiger partial charge is 0.365 e. The lowest BCUT2D eigenvalue weighted by Crippen LogP contribution is -2.50. The molecule has 1 aliphatic rings. The van der Waals surface area contributed by atoms with Crippen LogP contribution in [0.15, 0.2) is 54.6 Å². The molecule has 0 bridgehead atoms. The second-order valence-corrected chi connectivity index (χ2v) is 6.56. The van der Waals surface area contributed by atoms with Crippen LogP contribution in [0.3, 0.4) is 0 Å². The summed E-state index contributed by atoms with van der Waals surface area (Å²) in [5.41, 5.74) is 3.16. The van der Waals surface area contributed by atoms with Crippen LogP contribution in [-0.4, -0.2) is 37.6 Å². The Morgan fingerprint density at radius 3 is 2.62 bits per heavy atom. The summed E-state index contributed by atoms with van der Waals surface area (Å²) < 4.78 is 5.57. The molecular weight excluding hydrogens is 328 g/mol. The van der Waals surface area contributed by atoms with Crippen LogP contribution in [0, 0.1) is 6.92 Å². The lowest BCUT2D eigenvalue weighted by Gasteiger charge is -2.33. The van der Waals surface area contributed by atoms with Crippen LogP contribution in [-0.2, 0) is 20.7 Å². The molecule has 136 valence electrons. The van der Waals surface area contributed by atoms with E-state index in [1.807, 2.05) is 61.5 Å². The maximum absolute atomic E-state index is 12.1. The predicted octanol–water partition coefficient (Wildman–Crippen LogP) is 2.48. The summed E-state index contributed by atoms with van der Waals surface area (Å²) in [7, 11) is 0. The molecule has 5 heteroatoms. The lowest BCUT2D eigenvalue weighted by molar-refractivity contribution is -0.129. The molecule has 26 heavy (non-hydrogen) atoms. The number of hydrogen-bond acceptors (Lipinski definition) is 3. The van der Waals surface area contributed by atoms with Crippen molar-refractivity contribution in [3.8, 4) is 0 Å². The first kappa shape index (κ1) is 18.1. The van der Waals surface area contributed by atoms with Gasteiger partial charge in [-0.05, 0) is 31.0 Å². The molecule has 0 aromatic heterocycles. The smallest absolute Gasteiger partial charge is 0.253 e. The number of carbonyl (C=O) groups excluding carboxylic acids is 2. The number of aryl methyl sites for hydroxylation is 2. The topological polar surface area (TPSA) is 58.6 Å². The summed E-state index contributed by atoms with van der Waals surface area (Å²) in [4.78, 5) is 25.9. The van der Waals surface area contributed by atoms with Crippen molar-refractivity contribution >= 4 is 17.5 Å². The molecule has 5 nitrogen and oxygen atoms in total. The average Bonchev–Trinajstić information content (AvgIpc) is 2.67. The minimum absolute atomic E-state index is 0.00348. The molecule has 0 spiro atoms. The van der Waals surface area contributed by atoms with E-state index in [9.17, 15) is 9.59 Å². The molecule has 1 fully saturated rings. The third-order valence-corrected chi connectivity index (χ3v) is 4.49.